The first kappa shape index (κ1) is 13.3. The smallest absolute Gasteiger partial charge is 0.0548 e. The van der Waals surface area contributed by atoms with E-state index in [2.05, 4.69) is 52.3 Å². The van der Waals surface area contributed by atoms with Crippen molar-refractivity contribution >= 4 is 12.6 Å². The first-order chi connectivity index (χ1) is 5.95. The second-order valence-corrected chi connectivity index (χ2v) is 5.20. The van der Waals surface area contributed by atoms with E-state index in [4.69, 9.17) is 0 Å². The topological polar surface area (TPSA) is 3.24 Å². The van der Waals surface area contributed by atoms with E-state index >= 15 is 0 Å². The Labute approximate surface area is 89.3 Å². The van der Waals surface area contributed by atoms with Gasteiger partial charge in [-0.2, -0.15) is 12.6 Å². The van der Waals surface area contributed by atoms with Gasteiger partial charge < -0.3 is 0 Å². The Morgan fingerprint density at radius 3 is 2.08 bits per heavy atom. The van der Waals surface area contributed by atoms with Crippen molar-refractivity contribution in [1.29, 1.82) is 0 Å². The van der Waals surface area contributed by atoms with Crippen LogP contribution in [0.2, 0.25) is 0 Å². The van der Waals surface area contributed by atoms with E-state index in [1.807, 2.05) is 0 Å². The third-order valence-electron chi connectivity index (χ3n) is 2.34. The van der Waals surface area contributed by atoms with Gasteiger partial charge >= 0.3 is 0 Å². The molecule has 80 valence electrons. The molecule has 0 aromatic heterocycles. The predicted molar refractivity (Wildman–Crippen MR) is 64.3 cm³/mol. The molecule has 0 saturated heterocycles. The SMILES string of the molecule is CC(C)CCCN(C)C(S)C(C)C. The van der Waals surface area contributed by atoms with Crippen LogP contribution in [0.25, 0.3) is 0 Å². The molecule has 2 heteroatoms. The van der Waals surface area contributed by atoms with Gasteiger partial charge in [0.15, 0.2) is 0 Å². The van der Waals surface area contributed by atoms with Crippen LogP contribution in [0.15, 0.2) is 0 Å². The standard InChI is InChI=1S/C11H25NS/c1-9(2)7-6-8-12(5)11(13)10(3)4/h9-11,13H,6-8H2,1-5H3. The molecule has 0 rings (SSSR count). The lowest BCUT2D eigenvalue weighted by molar-refractivity contribution is 0.259. The first-order valence-electron chi connectivity index (χ1n) is 5.33. The van der Waals surface area contributed by atoms with Crippen molar-refractivity contribution in [2.24, 2.45) is 11.8 Å². The Morgan fingerprint density at radius 1 is 1.15 bits per heavy atom. The molecule has 0 heterocycles. The van der Waals surface area contributed by atoms with Crippen molar-refractivity contribution in [3.8, 4) is 0 Å². The van der Waals surface area contributed by atoms with Gasteiger partial charge in [0.2, 0.25) is 0 Å². The average Bonchev–Trinajstić information content (AvgIpc) is 2.02. The molecule has 0 spiro atoms. The van der Waals surface area contributed by atoms with Gasteiger partial charge in [-0.25, -0.2) is 0 Å². The van der Waals surface area contributed by atoms with E-state index in [-0.39, 0.29) is 0 Å². The molecule has 13 heavy (non-hydrogen) atoms. The Hall–Kier alpha value is 0.310. The number of rotatable bonds is 6. The molecule has 1 nitrogen and oxygen atoms in total. The van der Waals surface area contributed by atoms with Gasteiger partial charge in [-0.1, -0.05) is 27.7 Å². The van der Waals surface area contributed by atoms with Crippen LogP contribution < -0.4 is 0 Å². The molecule has 0 amide bonds. The van der Waals surface area contributed by atoms with E-state index in [0.29, 0.717) is 11.3 Å². The zero-order valence-electron chi connectivity index (χ0n) is 9.75. The quantitative estimate of drug-likeness (QED) is 0.512. The number of nitrogens with zero attached hydrogens (tertiary/aromatic N) is 1. The Kier molecular flexibility index (Phi) is 6.88. The Morgan fingerprint density at radius 2 is 1.69 bits per heavy atom. The van der Waals surface area contributed by atoms with Gasteiger partial charge in [-0.15, -0.1) is 0 Å². The zero-order chi connectivity index (χ0) is 10.4. The van der Waals surface area contributed by atoms with E-state index in [0.717, 1.165) is 5.92 Å². The highest BCUT2D eigenvalue weighted by atomic mass is 32.1. The van der Waals surface area contributed by atoms with Crippen LogP contribution in [0.4, 0.5) is 0 Å². The summed E-state index contributed by atoms with van der Waals surface area (Å²) in [4.78, 5) is 2.34. The van der Waals surface area contributed by atoms with Crippen LogP contribution in [0, 0.1) is 11.8 Å². The van der Waals surface area contributed by atoms with Crippen LogP contribution in [0.3, 0.4) is 0 Å². The Balaban J connectivity index is 3.55. The van der Waals surface area contributed by atoms with Crippen LogP contribution >= 0.6 is 12.6 Å². The second kappa shape index (κ2) is 6.72. The highest BCUT2D eigenvalue weighted by molar-refractivity contribution is 7.80. The molecule has 0 fully saturated rings. The molecule has 0 radical (unpaired) electrons. The van der Waals surface area contributed by atoms with Gasteiger partial charge in [-0.05, 0) is 38.3 Å². The van der Waals surface area contributed by atoms with Crippen molar-refractivity contribution in [3.05, 3.63) is 0 Å². The van der Waals surface area contributed by atoms with Crippen molar-refractivity contribution in [3.63, 3.8) is 0 Å². The lowest BCUT2D eigenvalue weighted by Gasteiger charge is -2.27. The normalized spacial score (nSPS) is 14.5. The summed E-state index contributed by atoms with van der Waals surface area (Å²) in [6.45, 7) is 10.2. The monoisotopic (exact) mass is 203 g/mol. The maximum absolute atomic E-state index is 4.57. The van der Waals surface area contributed by atoms with Gasteiger partial charge in [0.1, 0.15) is 0 Å². The van der Waals surface area contributed by atoms with Crippen LogP contribution in [0.5, 0.6) is 0 Å². The minimum atomic E-state index is 0.409. The summed E-state index contributed by atoms with van der Waals surface area (Å²) >= 11 is 4.57. The fourth-order valence-corrected chi connectivity index (χ4v) is 1.51. The van der Waals surface area contributed by atoms with Gasteiger partial charge in [0.05, 0.1) is 5.37 Å². The number of hydrogen-bond acceptors (Lipinski definition) is 2. The van der Waals surface area contributed by atoms with Crippen LogP contribution in [0.1, 0.15) is 40.5 Å². The van der Waals surface area contributed by atoms with Gasteiger partial charge in [0.25, 0.3) is 0 Å². The third kappa shape index (κ3) is 6.39. The van der Waals surface area contributed by atoms with Gasteiger partial charge in [-0.3, -0.25) is 4.90 Å². The molecular weight excluding hydrogens is 178 g/mol. The maximum Gasteiger partial charge on any atom is 0.0548 e. The van der Waals surface area contributed by atoms with E-state index in [1.165, 1.54) is 19.4 Å². The summed E-state index contributed by atoms with van der Waals surface area (Å²) < 4.78 is 0. The first-order valence-corrected chi connectivity index (χ1v) is 5.85. The molecule has 0 aromatic carbocycles. The fourth-order valence-electron chi connectivity index (χ4n) is 1.39. The molecule has 0 N–H and O–H groups in total. The molecule has 0 bridgehead atoms. The Bertz CT molecular complexity index is 123. The minimum absolute atomic E-state index is 0.409. The second-order valence-electron chi connectivity index (χ2n) is 4.67. The molecule has 0 saturated carbocycles. The molecular formula is C11H25NS. The van der Waals surface area contributed by atoms with E-state index < -0.39 is 0 Å². The molecule has 0 aliphatic carbocycles. The predicted octanol–water partition coefficient (Wildman–Crippen LogP) is 3.27. The molecule has 1 unspecified atom stereocenters. The summed E-state index contributed by atoms with van der Waals surface area (Å²) in [6.07, 6.45) is 2.61. The largest absolute Gasteiger partial charge is 0.295 e. The summed E-state index contributed by atoms with van der Waals surface area (Å²) in [5, 5.41) is 0.409. The van der Waals surface area contributed by atoms with Crippen LogP contribution in [-0.4, -0.2) is 23.9 Å². The molecule has 0 aliphatic heterocycles. The van der Waals surface area contributed by atoms with Crippen molar-refractivity contribution in [1.82, 2.24) is 4.90 Å². The lowest BCUT2D eigenvalue weighted by Crippen LogP contribution is -2.32. The highest BCUT2D eigenvalue weighted by Gasteiger charge is 2.13. The minimum Gasteiger partial charge on any atom is -0.295 e. The van der Waals surface area contributed by atoms with Crippen molar-refractivity contribution < 1.29 is 0 Å². The maximum atomic E-state index is 4.57. The summed E-state index contributed by atoms with van der Waals surface area (Å²) in [6, 6.07) is 0. The zero-order valence-corrected chi connectivity index (χ0v) is 10.6. The average molecular weight is 203 g/mol. The molecule has 0 aromatic rings. The third-order valence-corrected chi connectivity index (χ3v) is 3.33. The van der Waals surface area contributed by atoms with E-state index in [1.54, 1.807) is 0 Å². The van der Waals surface area contributed by atoms with E-state index in [9.17, 15) is 0 Å². The summed E-state index contributed by atoms with van der Waals surface area (Å²) in [5.41, 5.74) is 0. The number of thiol groups is 1. The molecule has 1 atom stereocenters. The fraction of sp³-hybridized carbons (Fsp3) is 1.00. The van der Waals surface area contributed by atoms with Gasteiger partial charge in [0, 0.05) is 0 Å². The lowest BCUT2D eigenvalue weighted by atomic mass is 10.1. The van der Waals surface area contributed by atoms with Crippen molar-refractivity contribution in [2.45, 2.75) is 45.9 Å². The number of hydrogen-bond donors (Lipinski definition) is 1. The summed E-state index contributed by atoms with van der Waals surface area (Å²) in [7, 11) is 2.16. The molecule has 0 aliphatic rings. The van der Waals surface area contributed by atoms with Crippen molar-refractivity contribution in [2.75, 3.05) is 13.6 Å². The van der Waals surface area contributed by atoms with Crippen LogP contribution in [-0.2, 0) is 0 Å². The summed E-state index contributed by atoms with van der Waals surface area (Å²) in [5.74, 6) is 1.46. The highest BCUT2D eigenvalue weighted by Crippen LogP contribution is 2.14.